The molecule has 40 heavy (non-hydrogen) atoms. The zero-order valence-electron chi connectivity index (χ0n) is 21.8. The second-order valence-corrected chi connectivity index (χ2v) is 9.97. The molecule has 0 fully saturated rings. The Labute approximate surface area is 231 Å². The number of ketones is 1. The summed E-state index contributed by atoms with van der Waals surface area (Å²) < 4.78 is 73.2. The predicted molar refractivity (Wildman–Crippen MR) is 138 cm³/mol. The number of hydrogen-bond donors (Lipinski definition) is 3. The molecule has 0 saturated carbocycles. The largest absolute Gasteiger partial charge is 0.479 e. The van der Waals surface area contributed by atoms with Crippen molar-refractivity contribution in [3.63, 3.8) is 0 Å². The number of thioether (sulfide) groups is 1. The van der Waals surface area contributed by atoms with Crippen molar-refractivity contribution in [1.82, 2.24) is 10.6 Å². The Bertz CT molecular complexity index is 1220. The first-order valence-corrected chi connectivity index (χ1v) is 13.4. The average Bonchev–Trinajstić information content (AvgIpc) is 2.90. The summed E-state index contributed by atoms with van der Waals surface area (Å²) in [6.07, 6.45) is 1.80. The number of para-hydroxylation sites is 1. The Hall–Kier alpha value is -3.68. The number of benzene rings is 2. The maximum Gasteiger partial charge on any atom is 0.313 e. The van der Waals surface area contributed by atoms with Gasteiger partial charge in [-0.25, -0.2) is 13.2 Å². The van der Waals surface area contributed by atoms with E-state index in [0.29, 0.717) is 5.75 Å². The van der Waals surface area contributed by atoms with Crippen molar-refractivity contribution < 1.29 is 45.9 Å². The lowest BCUT2D eigenvalue weighted by Gasteiger charge is -2.24. The highest BCUT2D eigenvalue weighted by molar-refractivity contribution is 7.98. The van der Waals surface area contributed by atoms with Crippen LogP contribution in [0.3, 0.4) is 0 Å². The molecule has 3 N–H and O–H groups in total. The minimum absolute atomic E-state index is 0.0133. The van der Waals surface area contributed by atoms with Gasteiger partial charge >= 0.3 is 11.8 Å². The van der Waals surface area contributed by atoms with Crippen molar-refractivity contribution >= 4 is 41.0 Å². The first-order chi connectivity index (χ1) is 18.8. The lowest BCUT2D eigenvalue weighted by Crippen LogP contribution is -2.54. The van der Waals surface area contributed by atoms with Gasteiger partial charge in [0.1, 0.15) is 18.5 Å². The molecule has 0 spiro atoms. The fourth-order valence-corrected chi connectivity index (χ4v) is 3.88. The lowest BCUT2D eigenvalue weighted by molar-refractivity contribution is -0.138. The molecule has 0 saturated heterocycles. The predicted octanol–water partition coefficient (Wildman–Crippen LogP) is 3.74. The van der Waals surface area contributed by atoms with Crippen molar-refractivity contribution in [2.75, 3.05) is 23.9 Å². The van der Waals surface area contributed by atoms with E-state index >= 15 is 0 Å². The van der Waals surface area contributed by atoms with Crippen LogP contribution in [0.5, 0.6) is 5.75 Å². The fraction of sp³-hybridized carbons (Fsp3) is 0.385. The number of halogens is 5. The Morgan fingerprint density at radius 1 is 0.875 bits per heavy atom. The van der Waals surface area contributed by atoms with Gasteiger partial charge in [0, 0.05) is 6.07 Å². The summed E-state index contributed by atoms with van der Waals surface area (Å²) in [5, 5.41) is 6.78. The van der Waals surface area contributed by atoms with Crippen LogP contribution in [-0.4, -0.2) is 54.2 Å². The highest BCUT2D eigenvalue weighted by atomic mass is 32.2. The molecule has 0 bridgehead atoms. The smallest absolute Gasteiger partial charge is 0.313 e. The van der Waals surface area contributed by atoms with Crippen LogP contribution in [0.25, 0.3) is 0 Å². The molecule has 0 aliphatic rings. The summed E-state index contributed by atoms with van der Waals surface area (Å²) in [7, 11) is 0. The molecular formula is C26H28F5N3O5S. The number of hydrogen-bond acceptors (Lipinski definition) is 6. The highest BCUT2D eigenvalue weighted by Gasteiger charge is 2.30. The number of anilines is 1. The van der Waals surface area contributed by atoms with E-state index in [1.165, 1.54) is 30.0 Å². The van der Waals surface area contributed by atoms with Gasteiger partial charge in [-0.05, 0) is 42.9 Å². The number of amides is 3. The zero-order chi connectivity index (χ0) is 30.0. The van der Waals surface area contributed by atoms with Crippen molar-refractivity contribution in [1.29, 1.82) is 0 Å². The van der Waals surface area contributed by atoms with Crippen LogP contribution in [-0.2, 0) is 19.2 Å². The molecule has 0 aromatic heterocycles. The Balaban J connectivity index is 2.14. The summed E-state index contributed by atoms with van der Waals surface area (Å²) >= 11 is 1.32. The van der Waals surface area contributed by atoms with Crippen molar-refractivity contribution in [2.24, 2.45) is 5.92 Å². The maximum atomic E-state index is 13.9. The number of ether oxygens (including phenoxy) is 1. The summed E-state index contributed by atoms with van der Waals surface area (Å²) in [6, 6.07) is 2.55. The van der Waals surface area contributed by atoms with Crippen molar-refractivity contribution in [2.45, 2.75) is 38.8 Å². The lowest BCUT2D eigenvalue weighted by atomic mass is 10.0. The number of carbonyl (C=O) groups is 4. The van der Waals surface area contributed by atoms with E-state index in [1.807, 2.05) is 0 Å². The third-order valence-electron chi connectivity index (χ3n) is 5.40. The van der Waals surface area contributed by atoms with Crippen LogP contribution in [0, 0.1) is 35.0 Å². The summed E-state index contributed by atoms with van der Waals surface area (Å²) in [4.78, 5) is 50.6. The summed E-state index contributed by atoms with van der Waals surface area (Å²) in [6.45, 7) is 2.43. The van der Waals surface area contributed by atoms with Gasteiger partial charge in [0.25, 0.3) is 0 Å². The van der Waals surface area contributed by atoms with E-state index in [1.54, 1.807) is 20.1 Å². The minimum Gasteiger partial charge on any atom is -0.479 e. The molecule has 0 heterocycles. The Kier molecular flexibility index (Phi) is 12.4. The normalized spacial score (nSPS) is 12.4. The molecule has 8 nitrogen and oxygen atoms in total. The van der Waals surface area contributed by atoms with Gasteiger partial charge in [0.15, 0.2) is 23.2 Å². The quantitative estimate of drug-likeness (QED) is 0.187. The Morgan fingerprint density at radius 2 is 1.50 bits per heavy atom. The van der Waals surface area contributed by atoms with Gasteiger partial charge in [-0.3, -0.25) is 19.2 Å². The van der Waals surface area contributed by atoms with E-state index in [0.717, 1.165) is 6.07 Å². The summed E-state index contributed by atoms with van der Waals surface area (Å²) in [5.41, 5.74) is -0.249. The Morgan fingerprint density at radius 3 is 2.08 bits per heavy atom. The van der Waals surface area contributed by atoms with E-state index < -0.39 is 77.0 Å². The van der Waals surface area contributed by atoms with Crippen LogP contribution in [0.15, 0.2) is 30.3 Å². The summed E-state index contributed by atoms with van der Waals surface area (Å²) in [5.74, 6) is -13.3. The number of carbonyl (C=O) groups excluding carboxylic acids is 4. The standard InChI is InChI=1S/C26H28F5N3O5S/c1-13(2)10-19(34-26(38)25(37)32-17-7-5-4-6-14(17)27)24(36)33-18(8-9-40-3)20(35)12-39-23-21(30)15(28)11-16(29)22(23)31/h4-7,11,13,18-19H,8-10,12H2,1-3H3,(H,32,37)(H,33,36)(H,34,38)/t18-,19-/m0/s1. The van der Waals surface area contributed by atoms with Gasteiger partial charge in [0.05, 0.1) is 11.7 Å². The van der Waals surface area contributed by atoms with Crippen LogP contribution in [0.2, 0.25) is 0 Å². The van der Waals surface area contributed by atoms with E-state index in [9.17, 15) is 41.1 Å². The molecule has 0 aliphatic carbocycles. The SMILES string of the molecule is CSCC[C@H](NC(=O)[C@H](CC(C)C)NC(=O)C(=O)Nc1ccccc1F)C(=O)COc1c(F)c(F)cc(F)c1F. The van der Waals surface area contributed by atoms with Gasteiger partial charge in [-0.2, -0.15) is 20.5 Å². The number of rotatable bonds is 13. The molecule has 14 heteroatoms. The minimum atomic E-state index is -1.83. The van der Waals surface area contributed by atoms with Crippen LogP contribution in [0.4, 0.5) is 27.6 Å². The van der Waals surface area contributed by atoms with Gasteiger partial charge in [-0.1, -0.05) is 26.0 Å². The molecule has 2 atom stereocenters. The first-order valence-electron chi connectivity index (χ1n) is 12.0. The van der Waals surface area contributed by atoms with E-state index in [2.05, 4.69) is 16.0 Å². The van der Waals surface area contributed by atoms with Crippen LogP contribution in [0.1, 0.15) is 26.7 Å². The maximum absolute atomic E-state index is 13.9. The number of nitrogens with one attached hydrogen (secondary N) is 3. The van der Waals surface area contributed by atoms with Gasteiger partial charge in [0.2, 0.25) is 17.5 Å². The average molecular weight is 590 g/mol. The number of Topliss-reactive ketones (excluding diaryl/α,β-unsaturated/α-hetero) is 1. The molecule has 3 amide bonds. The molecule has 218 valence electrons. The molecule has 2 rings (SSSR count). The first kappa shape index (κ1) is 32.5. The monoisotopic (exact) mass is 589 g/mol. The van der Waals surface area contributed by atoms with E-state index in [-0.39, 0.29) is 30.5 Å². The molecule has 2 aromatic rings. The van der Waals surface area contributed by atoms with Crippen LogP contribution < -0.4 is 20.7 Å². The zero-order valence-corrected chi connectivity index (χ0v) is 22.6. The second kappa shape index (κ2) is 15.2. The van der Waals surface area contributed by atoms with E-state index in [4.69, 9.17) is 4.74 Å². The second-order valence-electron chi connectivity index (χ2n) is 8.98. The topological polar surface area (TPSA) is 114 Å². The van der Waals surface area contributed by atoms with Gasteiger partial charge in [-0.15, -0.1) is 0 Å². The highest BCUT2D eigenvalue weighted by Crippen LogP contribution is 2.26. The van der Waals surface area contributed by atoms with Crippen molar-refractivity contribution in [3.05, 3.63) is 59.4 Å². The molecule has 2 aromatic carbocycles. The van der Waals surface area contributed by atoms with Gasteiger partial charge < -0.3 is 20.7 Å². The van der Waals surface area contributed by atoms with Crippen molar-refractivity contribution in [3.8, 4) is 5.75 Å². The van der Waals surface area contributed by atoms with Crippen LogP contribution >= 0.6 is 11.8 Å². The molecule has 0 unspecified atom stereocenters. The third-order valence-corrected chi connectivity index (χ3v) is 6.05. The molecule has 0 aliphatic heterocycles. The molecular weight excluding hydrogens is 561 g/mol. The third kappa shape index (κ3) is 9.21. The fourth-order valence-electron chi connectivity index (χ4n) is 3.41. The molecule has 0 radical (unpaired) electrons.